The minimum absolute atomic E-state index is 0.0120. The average molecular weight is 313 g/mol. The highest BCUT2D eigenvalue weighted by Crippen LogP contribution is 2.24. The molecule has 2 rings (SSSR count). The summed E-state index contributed by atoms with van der Waals surface area (Å²) in [6.45, 7) is -0.424. The maximum Gasteiger partial charge on any atom is 0.323 e. The fraction of sp³-hybridized carbons (Fsp3) is 0.429. The van der Waals surface area contributed by atoms with Crippen LogP contribution in [0.15, 0.2) is 24.3 Å². The summed E-state index contributed by atoms with van der Waals surface area (Å²) in [5.74, 6) is -1.09. The molecule has 1 aromatic carbocycles. The van der Waals surface area contributed by atoms with Gasteiger partial charge < -0.3 is 15.2 Å². The molecule has 1 aliphatic carbocycles. The number of methoxy groups -OCH3 is 1. The molecule has 0 heterocycles. The molecule has 0 spiro atoms. The van der Waals surface area contributed by atoms with Crippen molar-refractivity contribution >= 4 is 29.3 Å². The van der Waals surface area contributed by atoms with Crippen molar-refractivity contribution in [3.8, 4) is 0 Å². The third-order valence-electron chi connectivity index (χ3n) is 3.41. The summed E-state index contributed by atoms with van der Waals surface area (Å²) in [6.07, 6.45) is 1.63. The number of carboxylic acids is 1. The Balaban J connectivity index is 2.05. The number of halogens is 1. The molecular weight excluding hydrogens is 296 g/mol. The van der Waals surface area contributed by atoms with E-state index in [4.69, 9.17) is 21.4 Å². The molecule has 21 heavy (non-hydrogen) atoms. The predicted octanol–water partition coefficient (Wildman–Crippen LogP) is 2.12. The van der Waals surface area contributed by atoms with Crippen LogP contribution < -0.4 is 10.2 Å². The van der Waals surface area contributed by atoms with Gasteiger partial charge in [-0.25, -0.2) is 4.79 Å². The number of rotatable bonds is 5. The van der Waals surface area contributed by atoms with Crippen LogP contribution in [0.5, 0.6) is 0 Å². The Morgan fingerprint density at radius 1 is 1.48 bits per heavy atom. The third-order valence-corrected chi connectivity index (χ3v) is 3.65. The quantitative estimate of drug-likeness (QED) is 0.873. The van der Waals surface area contributed by atoms with E-state index < -0.39 is 18.5 Å². The van der Waals surface area contributed by atoms with Crippen molar-refractivity contribution in [3.05, 3.63) is 29.3 Å². The number of nitrogens with one attached hydrogen (secondary N) is 1. The zero-order valence-electron chi connectivity index (χ0n) is 11.6. The normalized spacial score (nSPS) is 20.5. The minimum Gasteiger partial charge on any atom is -0.480 e. The number of anilines is 1. The van der Waals surface area contributed by atoms with E-state index in [0.29, 0.717) is 10.7 Å². The number of ether oxygens (including phenoxy) is 1. The smallest absolute Gasteiger partial charge is 0.323 e. The van der Waals surface area contributed by atoms with E-state index >= 15 is 0 Å². The summed E-state index contributed by atoms with van der Waals surface area (Å²) >= 11 is 5.89. The first kappa shape index (κ1) is 15.6. The van der Waals surface area contributed by atoms with Gasteiger partial charge in [0.05, 0.1) is 6.10 Å². The van der Waals surface area contributed by atoms with Crippen LogP contribution in [-0.4, -0.2) is 42.9 Å². The van der Waals surface area contributed by atoms with Gasteiger partial charge in [0.2, 0.25) is 0 Å². The first-order valence-electron chi connectivity index (χ1n) is 6.57. The lowest BCUT2D eigenvalue weighted by Crippen LogP contribution is -2.53. The van der Waals surface area contributed by atoms with E-state index in [2.05, 4.69) is 5.32 Å². The van der Waals surface area contributed by atoms with Crippen molar-refractivity contribution in [2.45, 2.75) is 25.0 Å². The molecule has 0 radical (unpaired) electrons. The maximum absolute atomic E-state index is 12.3. The number of carbonyl (C=O) groups excluding carboxylic acids is 1. The number of amides is 2. The molecular formula is C14H17ClN2O4. The van der Waals surface area contributed by atoms with Crippen molar-refractivity contribution in [3.63, 3.8) is 0 Å². The van der Waals surface area contributed by atoms with Crippen molar-refractivity contribution < 1.29 is 19.4 Å². The molecule has 0 saturated heterocycles. The van der Waals surface area contributed by atoms with Gasteiger partial charge in [0, 0.05) is 23.9 Å². The molecule has 1 aliphatic rings. The van der Waals surface area contributed by atoms with Gasteiger partial charge in [-0.2, -0.15) is 0 Å². The Labute approximate surface area is 127 Å². The molecule has 0 aliphatic heterocycles. The van der Waals surface area contributed by atoms with E-state index in [-0.39, 0.29) is 12.1 Å². The second-order valence-corrected chi connectivity index (χ2v) is 5.37. The van der Waals surface area contributed by atoms with Crippen molar-refractivity contribution in [1.82, 2.24) is 5.32 Å². The third kappa shape index (κ3) is 4.09. The Morgan fingerprint density at radius 3 is 2.76 bits per heavy atom. The average Bonchev–Trinajstić information content (AvgIpc) is 2.39. The summed E-state index contributed by atoms with van der Waals surface area (Å²) in [4.78, 5) is 24.4. The monoisotopic (exact) mass is 312 g/mol. The largest absolute Gasteiger partial charge is 0.480 e. The van der Waals surface area contributed by atoms with Gasteiger partial charge in [0.1, 0.15) is 6.54 Å². The van der Waals surface area contributed by atoms with E-state index in [0.717, 1.165) is 17.7 Å². The number of aliphatic carboxylic acids is 1. The highest BCUT2D eigenvalue weighted by molar-refractivity contribution is 6.30. The molecule has 1 aromatic rings. The Kier molecular flexibility index (Phi) is 5.03. The molecule has 0 aromatic heterocycles. The van der Waals surface area contributed by atoms with Crippen LogP contribution in [0, 0.1) is 0 Å². The predicted molar refractivity (Wildman–Crippen MR) is 78.8 cm³/mol. The minimum atomic E-state index is -1.09. The van der Waals surface area contributed by atoms with Crippen molar-refractivity contribution in [2.75, 3.05) is 18.6 Å². The summed E-state index contributed by atoms with van der Waals surface area (Å²) in [5.41, 5.74) is 0.449. The zero-order chi connectivity index (χ0) is 15.4. The van der Waals surface area contributed by atoms with E-state index in [1.165, 1.54) is 0 Å². The molecule has 7 heteroatoms. The Bertz CT molecular complexity index is 531. The number of hydrogen-bond donors (Lipinski definition) is 2. The van der Waals surface area contributed by atoms with Crippen LogP contribution in [0.3, 0.4) is 0 Å². The SMILES string of the molecule is COC1CC(NC(=O)N(CC(=O)O)c2cccc(Cl)c2)C1. The van der Waals surface area contributed by atoms with E-state index in [9.17, 15) is 9.59 Å². The van der Waals surface area contributed by atoms with Gasteiger partial charge in [-0.1, -0.05) is 17.7 Å². The lowest BCUT2D eigenvalue weighted by Gasteiger charge is -2.36. The molecule has 1 fully saturated rings. The van der Waals surface area contributed by atoms with E-state index in [1.807, 2.05) is 0 Å². The number of urea groups is 1. The molecule has 0 unspecified atom stereocenters. The number of nitrogens with zero attached hydrogens (tertiary/aromatic N) is 1. The maximum atomic E-state index is 12.3. The molecule has 2 amide bonds. The Morgan fingerprint density at radius 2 is 2.19 bits per heavy atom. The van der Waals surface area contributed by atoms with Crippen LogP contribution in [-0.2, 0) is 9.53 Å². The summed E-state index contributed by atoms with van der Waals surface area (Å²) in [5, 5.41) is 12.2. The molecule has 2 N–H and O–H groups in total. The van der Waals surface area contributed by atoms with Gasteiger partial charge in [-0.3, -0.25) is 9.69 Å². The number of hydrogen-bond acceptors (Lipinski definition) is 3. The van der Waals surface area contributed by atoms with Gasteiger partial charge in [0.25, 0.3) is 0 Å². The molecule has 0 bridgehead atoms. The zero-order valence-corrected chi connectivity index (χ0v) is 12.3. The highest BCUT2D eigenvalue weighted by atomic mass is 35.5. The summed E-state index contributed by atoms with van der Waals surface area (Å²) in [6, 6.07) is 6.11. The lowest BCUT2D eigenvalue weighted by molar-refractivity contribution is -0.135. The molecule has 6 nitrogen and oxygen atoms in total. The molecule has 114 valence electrons. The summed E-state index contributed by atoms with van der Waals surface area (Å²) < 4.78 is 5.15. The van der Waals surface area contributed by atoms with Crippen molar-refractivity contribution in [2.24, 2.45) is 0 Å². The van der Waals surface area contributed by atoms with Crippen LogP contribution in [0.25, 0.3) is 0 Å². The first-order chi connectivity index (χ1) is 9.99. The number of carbonyl (C=O) groups is 2. The highest BCUT2D eigenvalue weighted by Gasteiger charge is 2.32. The lowest BCUT2D eigenvalue weighted by atomic mass is 9.89. The molecule has 1 saturated carbocycles. The summed E-state index contributed by atoms with van der Waals surface area (Å²) in [7, 11) is 1.63. The number of benzene rings is 1. The van der Waals surface area contributed by atoms with Gasteiger partial charge >= 0.3 is 12.0 Å². The number of carboxylic acid groups (broad SMARTS) is 1. The fourth-order valence-electron chi connectivity index (χ4n) is 2.19. The van der Waals surface area contributed by atoms with Crippen LogP contribution >= 0.6 is 11.6 Å². The van der Waals surface area contributed by atoms with Crippen LogP contribution in [0.1, 0.15) is 12.8 Å². The standard InChI is InChI=1S/C14H17ClN2O4/c1-21-12-6-10(7-12)16-14(20)17(8-13(18)19)11-4-2-3-9(15)5-11/h2-5,10,12H,6-8H2,1H3,(H,16,20)(H,18,19). The fourth-order valence-corrected chi connectivity index (χ4v) is 2.37. The first-order valence-corrected chi connectivity index (χ1v) is 6.95. The topological polar surface area (TPSA) is 78.9 Å². The second-order valence-electron chi connectivity index (χ2n) is 4.94. The van der Waals surface area contributed by atoms with Gasteiger partial charge in [-0.05, 0) is 31.0 Å². The second kappa shape index (κ2) is 6.78. The van der Waals surface area contributed by atoms with Crippen LogP contribution in [0.2, 0.25) is 5.02 Å². The van der Waals surface area contributed by atoms with Gasteiger partial charge in [-0.15, -0.1) is 0 Å². The van der Waals surface area contributed by atoms with Crippen LogP contribution in [0.4, 0.5) is 10.5 Å². The molecule has 0 atom stereocenters. The Hall–Kier alpha value is -1.79. The van der Waals surface area contributed by atoms with Crippen molar-refractivity contribution in [1.29, 1.82) is 0 Å². The van der Waals surface area contributed by atoms with E-state index in [1.54, 1.807) is 31.4 Å². The van der Waals surface area contributed by atoms with Gasteiger partial charge in [0.15, 0.2) is 0 Å².